The van der Waals surface area contributed by atoms with Crippen molar-refractivity contribution in [1.29, 1.82) is 0 Å². The zero-order chi connectivity index (χ0) is 16.8. The molecule has 0 fully saturated rings. The molecule has 2 aromatic carbocycles. The first-order valence-corrected chi connectivity index (χ1v) is 20.8. The molecule has 0 spiro atoms. The summed E-state index contributed by atoms with van der Waals surface area (Å²) < 4.78 is 1.55. The molecule has 0 radical (unpaired) electrons. The second-order valence-electron chi connectivity index (χ2n) is 7.37. The second-order valence-corrected chi connectivity index (χ2v) is 32.6. The SMILES string of the molecule is Cc1ccc2c(c1)-c1cc(C)ccc1[CH]2[Hf]([CH]1C=CC=C1)=[Si](C)C. The average molecular weight is 495 g/mol. The molecule has 2 aliphatic rings. The van der Waals surface area contributed by atoms with E-state index in [1.807, 2.05) is 0 Å². The summed E-state index contributed by atoms with van der Waals surface area (Å²) in [6.07, 6.45) is 9.56. The second kappa shape index (κ2) is 6.38. The molecule has 0 aromatic heterocycles. The third-order valence-corrected chi connectivity index (χ3v) is 32.4. The van der Waals surface area contributed by atoms with Crippen LogP contribution in [0.4, 0.5) is 0 Å². The van der Waals surface area contributed by atoms with Crippen LogP contribution in [0.25, 0.3) is 11.1 Å². The van der Waals surface area contributed by atoms with E-state index in [0.29, 0.717) is 0 Å². The van der Waals surface area contributed by atoms with E-state index in [1.54, 1.807) is 11.1 Å². The normalized spacial score (nSPS) is 15.7. The van der Waals surface area contributed by atoms with Gasteiger partial charge in [-0.25, -0.2) is 0 Å². The van der Waals surface area contributed by atoms with E-state index in [4.69, 9.17) is 0 Å². The summed E-state index contributed by atoms with van der Waals surface area (Å²) in [6.45, 7) is 9.60. The third kappa shape index (κ3) is 2.68. The number of allylic oxidation sites excluding steroid dienone is 4. The van der Waals surface area contributed by atoms with E-state index in [0.717, 1.165) is 7.35 Å². The minimum absolute atomic E-state index is 0.232. The Bertz CT molecular complexity index is 850. The number of rotatable bonds is 2. The fourth-order valence-corrected chi connectivity index (χ4v) is 30.9. The van der Waals surface area contributed by atoms with Crippen molar-refractivity contribution in [2.75, 3.05) is 0 Å². The predicted octanol–water partition coefficient (Wildman–Crippen LogP) is 6.16. The molecule has 24 heavy (non-hydrogen) atoms. The Balaban J connectivity index is 1.98. The van der Waals surface area contributed by atoms with Crippen molar-refractivity contribution in [3.8, 4) is 11.1 Å². The van der Waals surface area contributed by atoms with Crippen molar-refractivity contribution in [3.05, 3.63) is 83.0 Å². The van der Waals surface area contributed by atoms with Gasteiger partial charge in [0.05, 0.1) is 0 Å². The molecular weight excluding hydrogens is 471 g/mol. The molecule has 0 saturated heterocycles. The number of hydrogen-bond acceptors (Lipinski definition) is 0. The fourth-order valence-electron chi connectivity index (χ4n) is 4.27. The molecule has 2 aliphatic carbocycles. The van der Waals surface area contributed by atoms with Crippen LogP contribution in [-0.4, -0.2) is 5.49 Å². The first-order valence-electron chi connectivity index (χ1n) is 8.80. The number of benzene rings is 2. The Hall–Kier alpha value is -0.993. The monoisotopic (exact) mass is 496 g/mol. The Kier molecular flexibility index (Phi) is 4.38. The van der Waals surface area contributed by atoms with Gasteiger partial charge in [0.2, 0.25) is 0 Å². The molecule has 0 atom stereocenters. The van der Waals surface area contributed by atoms with E-state index in [2.05, 4.69) is 87.6 Å². The molecule has 0 bridgehead atoms. The molecule has 120 valence electrons. The summed E-state index contributed by atoms with van der Waals surface area (Å²) in [5.74, 6) is 0. The third-order valence-electron chi connectivity index (χ3n) is 5.33. The molecular formula is C22H24HfSi. The van der Waals surface area contributed by atoms with Crippen LogP contribution in [0.3, 0.4) is 0 Å². The standard InChI is InChI=1S/C15H13.C5H5.C2H6Si.Hf/c1-10-3-5-12-9-13-6-4-11(2)8-15(13)14(12)7-10;1-2-4-5-3-1;1-3-2;/h3-9H,1-2H3;1-5H;1-2H3;. The number of hydrogen-bond donors (Lipinski definition) is 0. The summed E-state index contributed by atoms with van der Waals surface area (Å²) in [7, 11) is 0. The van der Waals surface area contributed by atoms with Crippen LogP contribution in [-0.2, 0) is 20.1 Å². The van der Waals surface area contributed by atoms with Gasteiger partial charge in [-0.3, -0.25) is 0 Å². The Morgan fingerprint density at radius 3 is 1.75 bits per heavy atom. The van der Waals surface area contributed by atoms with Gasteiger partial charge in [-0.2, -0.15) is 0 Å². The van der Waals surface area contributed by atoms with Gasteiger partial charge in [0.15, 0.2) is 0 Å². The zero-order valence-electron chi connectivity index (χ0n) is 14.9. The van der Waals surface area contributed by atoms with Crippen LogP contribution in [0, 0.1) is 13.8 Å². The van der Waals surface area contributed by atoms with Crippen molar-refractivity contribution in [3.63, 3.8) is 0 Å². The average Bonchev–Trinajstić information content (AvgIpc) is 3.15. The quantitative estimate of drug-likeness (QED) is 0.439. The van der Waals surface area contributed by atoms with Gasteiger partial charge in [0.1, 0.15) is 0 Å². The van der Waals surface area contributed by atoms with Crippen molar-refractivity contribution < 1.29 is 20.1 Å². The van der Waals surface area contributed by atoms with Crippen LogP contribution in [0.5, 0.6) is 0 Å². The van der Waals surface area contributed by atoms with E-state index >= 15 is 0 Å². The molecule has 0 aliphatic heterocycles. The van der Waals surface area contributed by atoms with Gasteiger partial charge in [-0.15, -0.1) is 0 Å². The summed E-state index contributed by atoms with van der Waals surface area (Å²) in [5, 5.41) is 0. The van der Waals surface area contributed by atoms with E-state index in [-0.39, 0.29) is 5.49 Å². The van der Waals surface area contributed by atoms with Gasteiger partial charge < -0.3 is 0 Å². The van der Waals surface area contributed by atoms with Crippen LogP contribution in [0.1, 0.15) is 25.9 Å². The number of fused-ring (bicyclic) bond motifs is 3. The Labute approximate surface area is 153 Å². The fraction of sp³-hybridized carbons (Fsp3) is 0.273. The molecule has 0 unspecified atom stereocenters. The van der Waals surface area contributed by atoms with Crippen LogP contribution in [0.15, 0.2) is 60.7 Å². The van der Waals surface area contributed by atoms with Gasteiger partial charge in [0.25, 0.3) is 0 Å². The molecule has 0 amide bonds. The molecule has 0 heterocycles. The van der Waals surface area contributed by atoms with Gasteiger partial charge >= 0.3 is 154 Å². The maximum absolute atomic E-state index is 2.58. The van der Waals surface area contributed by atoms with Crippen molar-refractivity contribution in [2.24, 2.45) is 0 Å². The molecule has 2 aromatic rings. The summed E-state index contributed by atoms with van der Waals surface area (Å²) in [4.78, 5) is 0. The summed E-state index contributed by atoms with van der Waals surface area (Å²) in [5.41, 5.74) is 8.86. The van der Waals surface area contributed by atoms with Crippen LogP contribution in [0.2, 0.25) is 16.8 Å². The summed E-state index contributed by atoms with van der Waals surface area (Å²) in [6, 6.07) is 14.4. The topological polar surface area (TPSA) is 0 Å². The molecule has 0 nitrogen and oxygen atoms in total. The van der Waals surface area contributed by atoms with Crippen molar-refractivity contribution in [1.82, 2.24) is 0 Å². The van der Waals surface area contributed by atoms with Gasteiger partial charge in [-0.05, 0) is 0 Å². The maximum atomic E-state index is 2.58. The molecule has 4 rings (SSSR count). The molecule has 2 heteroatoms. The Morgan fingerprint density at radius 1 is 0.792 bits per heavy atom. The van der Waals surface area contributed by atoms with Crippen molar-refractivity contribution in [2.45, 2.75) is 34.3 Å². The zero-order valence-corrected chi connectivity index (χ0v) is 19.5. The van der Waals surface area contributed by atoms with Crippen LogP contribution < -0.4 is 0 Å². The number of aryl methyl sites for hydroxylation is 2. The predicted molar refractivity (Wildman–Crippen MR) is 103 cm³/mol. The first-order chi connectivity index (χ1) is 11.6. The molecule has 0 N–H and O–H groups in total. The minimum atomic E-state index is -1.89. The molecule has 0 saturated carbocycles. The van der Waals surface area contributed by atoms with E-state index in [1.165, 1.54) is 22.3 Å². The first kappa shape index (κ1) is 16.5. The van der Waals surface area contributed by atoms with E-state index in [9.17, 15) is 0 Å². The Morgan fingerprint density at radius 2 is 1.29 bits per heavy atom. The summed E-state index contributed by atoms with van der Waals surface area (Å²) >= 11 is -1.89. The van der Waals surface area contributed by atoms with Crippen molar-refractivity contribution >= 4 is 5.49 Å². The van der Waals surface area contributed by atoms with E-state index < -0.39 is 20.1 Å². The van der Waals surface area contributed by atoms with Crippen LogP contribution >= 0.6 is 0 Å². The van der Waals surface area contributed by atoms with Gasteiger partial charge in [0, 0.05) is 0 Å². The van der Waals surface area contributed by atoms with Gasteiger partial charge in [-0.1, -0.05) is 0 Å².